The highest BCUT2D eigenvalue weighted by atomic mass is 16.3. The van der Waals surface area contributed by atoms with E-state index in [-0.39, 0.29) is 12.0 Å². The molecule has 21 heavy (non-hydrogen) atoms. The number of likely N-dealkylation sites (tertiary alicyclic amines) is 1. The quantitative estimate of drug-likeness (QED) is 0.896. The van der Waals surface area contributed by atoms with Crippen molar-refractivity contribution in [3.05, 3.63) is 29.3 Å². The minimum Gasteiger partial charge on any atom is -0.393 e. The van der Waals surface area contributed by atoms with Crippen molar-refractivity contribution in [1.29, 1.82) is 0 Å². The molecule has 1 heterocycles. The molecular weight excluding hydrogens is 264 g/mol. The molecule has 0 aliphatic carbocycles. The van der Waals surface area contributed by atoms with E-state index in [9.17, 15) is 9.90 Å². The maximum Gasteiger partial charge on any atom is 0.255 e. The lowest BCUT2D eigenvalue weighted by atomic mass is 9.92. The van der Waals surface area contributed by atoms with Gasteiger partial charge in [-0.05, 0) is 57.2 Å². The number of aliphatic hydroxyl groups excluding tert-OH is 1. The summed E-state index contributed by atoms with van der Waals surface area (Å²) in [6.45, 7) is 8.16. The summed E-state index contributed by atoms with van der Waals surface area (Å²) in [7, 11) is 0. The molecule has 2 rings (SSSR count). The molecule has 1 amide bonds. The van der Waals surface area contributed by atoms with E-state index >= 15 is 0 Å². The Morgan fingerprint density at radius 3 is 2.67 bits per heavy atom. The minimum atomic E-state index is -0.279. The zero-order chi connectivity index (χ0) is 15.4. The summed E-state index contributed by atoms with van der Waals surface area (Å²) < 4.78 is 0. The Balaban J connectivity index is 2.10. The number of hydrogen-bond acceptors (Lipinski definition) is 3. The van der Waals surface area contributed by atoms with Gasteiger partial charge < -0.3 is 15.3 Å². The molecule has 116 valence electrons. The van der Waals surface area contributed by atoms with Crippen LogP contribution in [0.4, 0.5) is 5.69 Å². The van der Waals surface area contributed by atoms with Crippen LogP contribution in [0.2, 0.25) is 0 Å². The fourth-order valence-electron chi connectivity index (χ4n) is 2.94. The zero-order valence-electron chi connectivity index (χ0n) is 13.2. The van der Waals surface area contributed by atoms with Gasteiger partial charge in [-0.25, -0.2) is 0 Å². The molecule has 1 aromatic carbocycles. The number of nitrogens with one attached hydrogen (secondary N) is 1. The van der Waals surface area contributed by atoms with E-state index in [1.807, 2.05) is 43.9 Å². The lowest BCUT2D eigenvalue weighted by molar-refractivity contribution is 0.0522. The number of anilines is 1. The highest BCUT2D eigenvalue weighted by Gasteiger charge is 2.27. The molecule has 4 nitrogen and oxygen atoms in total. The third-order valence-corrected chi connectivity index (χ3v) is 4.28. The van der Waals surface area contributed by atoms with Crippen LogP contribution in [-0.2, 0) is 0 Å². The number of nitrogens with zero attached hydrogens (tertiary/aromatic N) is 1. The van der Waals surface area contributed by atoms with E-state index in [4.69, 9.17) is 0 Å². The van der Waals surface area contributed by atoms with Gasteiger partial charge >= 0.3 is 0 Å². The van der Waals surface area contributed by atoms with Crippen LogP contribution in [-0.4, -0.2) is 41.7 Å². The Morgan fingerprint density at radius 1 is 1.43 bits per heavy atom. The van der Waals surface area contributed by atoms with Crippen LogP contribution in [0.25, 0.3) is 0 Å². The van der Waals surface area contributed by atoms with Crippen molar-refractivity contribution >= 4 is 11.6 Å². The minimum absolute atomic E-state index is 0.0926. The van der Waals surface area contributed by atoms with Gasteiger partial charge in [0.05, 0.1) is 11.7 Å². The zero-order valence-corrected chi connectivity index (χ0v) is 13.2. The molecule has 1 fully saturated rings. The third-order valence-electron chi connectivity index (χ3n) is 4.28. The molecule has 0 spiro atoms. The fourth-order valence-corrected chi connectivity index (χ4v) is 2.94. The van der Waals surface area contributed by atoms with Gasteiger partial charge in [0.1, 0.15) is 0 Å². The molecule has 2 N–H and O–H groups in total. The van der Waals surface area contributed by atoms with Gasteiger partial charge in [0.15, 0.2) is 0 Å². The van der Waals surface area contributed by atoms with Gasteiger partial charge in [-0.3, -0.25) is 4.79 Å². The number of aliphatic hydroxyl groups is 1. The van der Waals surface area contributed by atoms with Crippen LogP contribution >= 0.6 is 0 Å². The maximum absolute atomic E-state index is 12.7. The Bertz CT molecular complexity index is 492. The van der Waals surface area contributed by atoms with Crippen molar-refractivity contribution in [3.63, 3.8) is 0 Å². The van der Waals surface area contributed by atoms with E-state index in [0.717, 1.165) is 49.3 Å². The molecule has 4 heteroatoms. The SMILES string of the molecule is CCNc1cc(C)ccc1C(=O)N1CCC(C(C)O)CC1. The Labute approximate surface area is 127 Å². The van der Waals surface area contributed by atoms with Crippen LogP contribution in [0.15, 0.2) is 18.2 Å². The number of amides is 1. The number of benzene rings is 1. The van der Waals surface area contributed by atoms with Gasteiger partial charge in [0.2, 0.25) is 0 Å². The lowest BCUT2D eigenvalue weighted by Crippen LogP contribution is -2.41. The summed E-state index contributed by atoms with van der Waals surface area (Å²) in [4.78, 5) is 14.6. The highest BCUT2D eigenvalue weighted by molar-refractivity contribution is 5.99. The second-order valence-electron chi connectivity index (χ2n) is 5.95. The molecule has 1 unspecified atom stereocenters. The predicted molar refractivity (Wildman–Crippen MR) is 85.7 cm³/mol. The average molecular weight is 290 g/mol. The molecule has 1 saturated heterocycles. The van der Waals surface area contributed by atoms with Crippen molar-refractivity contribution in [2.24, 2.45) is 5.92 Å². The largest absolute Gasteiger partial charge is 0.393 e. The molecule has 1 atom stereocenters. The topological polar surface area (TPSA) is 52.6 Å². The summed E-state index contributed by atoms with van der Waals surface area (Å²) >= 11 is 0. The standard InChI is InChI=1S/C17H26N2O2/c1-4-18-16-11-12(2)5-6-15(16)17(21)19-9-7-14(8-10-19)13(3)20/h5-6,11,13-14,18,20H,4,7-10H2,1-3H3. The Hall–Kier alpha value is -1.55. The fraction of sp³-hybridized carbons (Fsp3) is 0.588. The van der Waals surface area contributed by atoms with Crippen molar-refractivity contribution in [2.75, 3.05) is 25.0 Å². The Kier molecular flexibility index (Phi) is 5.23. The normalized spacial score (nSPS) is 17.6. The number of carbonyl (C=O) groups is 1. The number of rotatable bonds is 4. The second-order valence-corrected chi connectivity index (χ2v) is 5.95. The summed E-state index contributed by atoms with van der Waals surface area (Å²) in [5.74, 6) is 0.412. The van der Waals surface area contributed by atoms with Crippen LogP contribution in [0.3, 0.4) is 0 Å². The van der Waals surface area contributed by atoms with Gasteiger partial charge in [-0.2, -0.15) is 0 Å². The first-order chi connectivity index (χ1) is 10.0. The average Bonchev–Trinajstić information content (AvgIpc) is 2.47. The highest BCUT2D eigenvalue weighted by Crippen LogP contribution is 2.24. The first-order valence-electron chi connectivity index (χ1n) is 7.84. The first-order valence-corrected chi connectivity index (χ1v) is 7.84. The van der Waals surface area contributed by atoms with Crippen LogP contribution in [0, 0.1) is 12.8 Å². The van der Waals surface area contributed by atoms with E-state index in [2.05, 4.69) is 5.32 Å². The maximum atomic E-state index is 12.7. The number of hydrogen-bond donors (Lipinski definition) is 2. The number of aryl methyl sites for hydroxylation is 1. The summed E-state index contributed by atoms with van der Waals surface area (Å²) in [5.41, 5.74) is 2.81. The van der Waals surface area contributed by atoms with E-state index < -0.39 is 0 Å². The van der Waals surface area contributed by atoms with Crippen LogP contribution in [0.5, 0.6) is 0 Å². The summed E-state index contributed by atoms with van der Waals surface area (Å²) in [6.07, 6.45) is 1.48. The molecule has 1 aliphatic rings. The Morgan fingerprint density at radius 2 is 2.10 bits per heavy atom. The van der Waals surface area contributed by atoms with Gasteiger partial charge in [0, 0.05) is 25.3 Å². The number of carbonyl (C=O) groups excluding carboxylic acids is 1. The van der Waals surface area contributed by atoms with Crippen molar-refractivity contribution in [3.8, 4) is 0 Å². The second kappa shape index (κ2) is 6.94. The number of piperidine rings is 1. The molecule has 1 aliphatic heterocycles. The van der Waals surface area contributed by atoms with Gasteiger partial charge in [0.25, 0.3) is 5.91 Å². The molecule has 0 bridgehead atoms. The van der Waals surface area contributed by atoms with Crippen LogP contribution < -0.4 is 5.32 Å². The lowest BCUT2D eigenvalue weighted by Gasteiger charge is -2.33. The molecule has 0 aromatic heterocycles. The molecule has 0 radical (unpaired) electrons. The summed E-state index contributed by atoms with van der Waals surface area (Å²) in [5, 5.41) is 12.9. The summed E-state index contributed by atoms with van der Waals surface area (Å²) in [6, 6.07) is 5.92. The van der Waals surface area contributed by atoms with E-state index in [1.54, 1.807) is 0 Å². The van der Waals surface area contributed by atoms with Gasteiger partial charge in [-0.1, -0.05) is 6.07 Å². The molecule has 1 aromatic rings. The monoisotopic (exact) mass is 290 g/mol. The third kappa shape index (κ3) is 3.76. The molecular formula is C17H26N2O2. The van der Waals surface area contributed by atoms with Crippen LogP contribution in [0.1, 0.15) is 42.6 Å². The van der Waals surface area contributed by atoms with Crippen molar-refractivity contribution in [1.82, 2.24) is 4.90 Å². The van der Waals surface area contributed by atoms with Gasteiger partial charge in [-0.15, -0.1) is 0 Å². The first kappa shape index (κ1) is 15.8. The molecule has 0 saturated carbocycles. The van der Waals surface area contributed by atoms with Crippen molar-refractivity contribution in [2.45, 2.75) is 39.7 Å². The van der Waals surface area contributed by atoms with Crippen molar-refractivity contribution < 1.29 is 9.90 Å². The van der Waals surface area contributed by atoms with E-state index in [0.29, 0.717) is 5.92 Å². The predicted octanol–water partition coefficient (Wildman–Crippen LogP) is 2.66. The smallest absolute Gasteiger partial charge is 0.255 e. The van der Waals surface area contributed by atoms with E-state index in [1.165, 1.54) is 0 Å².